The monoisotopic (exact) mass is 275 g/mol. The summed E-state index contributed by atoms with van der Waals surface area (Å²) in [7, 11) is 0. The van der Waals surface area contributed by atoms with Gasteiger partial charge in [0.15, 0.2) is 0 Å². The van der Waals surface area contributed by atoms with Crippen molar-refractivity contribution < 1.29 is 5.11 Å². The van der Waals surface area contributed by atoms with Crippen LogP contribution in [0.15, 0.2) is 18.2 Å². The van der Waals surface area contributed by atoms with Crippen molar-refractivity contribution in [2.75, 3.05) is 6.61 Å². The van der Waals surface area contributed by atoms with E-state index >= 15 is 0 Å². The molecule has 0 bridgehead atoms. The quantitative estimate of drug-likeness (QED) is 0.866. The van der Waals surface area contributed by atoms with Gasteiger partial charge in [0.05, 0.1) is 10.0 Å². The number of aliphatic hydroxyl groups excluding tert-OH is 1. The van der Waals surface area contributed by atoms with Gasteiger partial charge in [-0.2, -0.15) is 0 Å². The molecule has 17 heavy (non-hydrogen) atoms. The van der Waals surface area contributed by atoms with Crippen LogP contribution < -0.4 is 5.73 Å². The summed E-state index contributed by atoms with van der Waals surface area (Å²) in [5.74, 6) is 0. The van der Waals surface area contributed by atoms with Crippen LogP contribution in [0, 0.1) is 0 Å². The van der Waals surface area contributed by atoms with Crippen molar-refractivity contribution in [3.05, 3.63) is 33.8 Å². The lowest BCUT2D eigenvalue weighted by Gasteiger charge is -2.35. The van der Waals surface area contributed by atoms with Crippen LogP contribution in [0.25, 0.3) is 0 Å². The van der Waals surface area contributed by atoms with Gasteiger partial charge in [0.25, 0.3) is 0 Å². The Morgan fingerprint density at radius 1 is 1.35 bits per heavy atom. The van der Waals surface area contributed by atoms with Gasteiger partial charge >= 0.3 is 0 Å². The first-order chi connectivity index (χ1) is 7.95. The average Bonchev–Trinajstić information content (AvgIpc) is 2.31. The third kappa shape index (κ3) is 3.14. The maximum Gasteiger partial charge on any atom is 0.0595 e. The van der Waals surface area contributed by atoms with E-state index in [9.17, 15) is 5.11 Å². The van der Waals surface area contributed by atoms with E-state index in [0.29, 0.717) is 16.5 Å². The van der Waals surface area contributed by atoms with Crippen LogP contribution in [0.1, 0.15) is 32.3 Å². The van der Waals surface area contributed by atoms with Gasteiger partial charge in [0, 0.05) is 18.1 Å². The normalized spacial score (nSPS) is 16.6. The van der Waals surface area contributed by atoms with Crippen LogP contribution in [-0.2, 0) is 5.41 Å². The van der Waals surface area contributed by atoms with Gasteiger partial charge in [-0.3, -0.25) is 0 Å². The van der Waals surface area contributed by atoms with Crippen molar-refractivity contribution in [2.24, 2.45) is 5.73 Å². The zero-order valence-corrected chi connectivity index (χ0v) is 11.7. The molecule has 0 radical (unpaired) electrons. The second-order valence-corrected chi connectivity index (χ2v) is 5.35. The largest absolute Gasteiger partial charge is 0.396 e. The van der Waals surface area contributed by atoms with Crippen LogP contribution in [0.5, 0.6) is 0 Å². The first-order valence-corrected chi connectivity index (χ1v) is 6.53. The van der Waals surface area contributed by atoms with E-state index in [4.69, 9.17) is 28.9 Å². The first-order valence-electron chi connectivity index (χ1n) is 5.77. The Bertz CT molecular complexity index is 384. The number of hydrogen-bond acceptors (Lipinski definition) is 2. The van der Waals surface area contributed by atoms with Crippen molar-refractivity contribution in [1.82, 2.24) is 0 Å². The highest BCUT2D eigenvalue weighted by atomic mass is 35.5. The lowest BCUT2D eigenvalue weighted by molar-refractivity contribution is 0.223. The predicted octanol–water partition coefficient (Wildman–Crippen LogP) is 3.37. The minimum absolute atomic E-state index is 0.0214. The van der Waals surface area contributed by atoms with E-state index in [2.05, 4.69) is 6.92 Å². The summed E-state index contributed by atoms with van der Waals surface area (Å²) in [6.07, 6.45) is 1.46. The van der Waals surface area contributed by atoms with Gasteiger partial charge in [-0.05, 0) is 30.5 Å². The van der Waals surface area contributed by atoms with Crippen LogP contribution >= 0.6 is 23.2 Å². The molecule has 0 aliphatic carbocycles. The maximum absolute atomic E-state index is 9.22. The summed E-state index contributed by atoms with van der Waals surface area (Å²) >= 11 is 11.9. The van der Waals surface area contributed by atoms with E-state index in [-0.39, 0.29) is 18.1 Å². The molecule has 3 N–H and O–H groups in total. The molecule has 4 heteroatoms. The van der Waals surface area contributed by atoms with E-state index in [0.717, 1.165) is 12.0 Å². The second kappa shape index (κ2) is 6.05. The third-order valence-corrected chi connectivity index (χ3v) is 4.21. The van der Waals surface area contributed by atoms with Crippen molar-refractivity contribution in [3.63, 3.8) is 0 Å². The lowest BCUT2D eigenvalue weighted by atomic mass is 9.73. The molecular formula is C13H19Cl2NO. The molecule has 96 valence electrons. The van der Waals surface area contributed by atoms with Crippen LogP contribution in [0.2, 0.25) is 10.0 Å². The summed E-state index contributed by atoms with van der Waals surface area (Å²) in [5, 5.41) is 10.3. The molecule has 1 rings (SSSR count). The number of rotatable bonds is 5. The Morgan fingerprint density at radius 2 is 2.00 bits per heavy atom. The molecule has 0 spiro atoms. The molecule has 1 aromatic carbocycles. The highest BCUT2D eigenvalue weighted by Crippen LogP contribution is 2.35. The van der Waals surface area contributed by atoms with Gasteiger partial charge < -0.3 is 10.8 Å². The summed E-state index contributed by atoms with van der Waals surface area (Å²) in [6, 6.07) is 5.53. The number of halogens is 2. The smallest absolute Gasteiger partial charge is 0.0595 e. The molecular weight excluding hydrogens is 257 g/mol. The summed E-state index contributed by atoms with van der Waals surface area (Å²) in [6.45, 7) is 4.19. The van der Waals surface area contributed by atoms with Crippen LogP contribution in [-0.4, -0.2) is 17.8 Å². The van der Waals surface area contributed by atoms with Crippen molar-refractivity contribution in [2.45, 2.75) is 38.1 Å². The highest BCUT2D eigenvalue weighted by molar-refractivity contribution is 6.42. The topological polar surface area (TPSA) is 46.2 Å². The SMILES string of the molecule is CCC(N)C(C)(CCO)c1ccc(Cl)c(Cl)c1. The fourth-order valence-electron chi connectivity index (χ4n) is 2.08. The highest BCUT2D eigenvalue weighted by Gasteiger charge is 2.32. The molecule has 2 unspecified atom stereocenters. The van der Waals surface area contributed by atoms with E-state index < -0.39 is 0 Å². The van der Waals surface area contributed by atoms with Gasteiger partial charge in [0.2, 0.25) is 0 Å². The molecule has 0 aliphatic rings. The molecule has 0 saturated carbocycles. The lowest BCUT2D eigenvalue weighted by Crippen LogP contribution is -2.43. The number of aliphatic hydroxyl groups is 1. The molecule has 0 saturated heterocycles. The number of benzene rings is 1. The zero-order chi connectivity index (χ0) is 13.1. The second-order valence-electron chi connectivity index (χ2n) is 4.53. The summed E-state index contributed by atoms with van der Waals surface area (Å²) in [4.78, 5) is 0. The Kier molecular flexibility index (Phi) is 5.26. The fourth-order valence-corrected chi connectivity index (χ4v) is 2.38. The minimum Gasteiger partial charge on any atom is -0.396 e. The Hall–Kier alpha value is -0.280. The van der Waals surface area contributed by atoms with Crippen LogP contribution in [0.4, 0.5) is 0 Å². The molecule has 0 amide bonds. The average molecular weight is 276 g/mol. The standard InChI is InChI=1S/C13H19Cl2NO/c1-3-12(16)13(2,6-7-17)9-4-5-10(14)11(15)8-9/h4-5,8,12,17H,3,6-7,16H2,1-2H3. The maximum atomic E-state index is 9.22. The Balaban J connectivity index is 3.17. The molecule has 1 aromatic rings. The molecule has 0 aromatic heterocycles. The van der Waals surface area contributed by atoms with Crippen LogP contribution in [0.3, 0.4) is 0 Å². The number of nitrogens with two attached hydrogens (primary N) is 1. The summed E-state index contributed by atoms with van der Waals surface area (Å²) < 4.78 is 0. The van der Waals surface area contributed by atoms with Gasteiger partial charge in [0.1, 0.15) is 0 Å². The first kappa shape index (κ1) is 14.8. The zero-order valence-electron chi connectivity index (χ0n) is 10.2. The van der Waals surface area contributed by atoms with E-state index in [1.54, 1.807) is 6.07 Å². The van der Waals surface area contributed by atoms with Crippen molar-refractivity contribution in [3.8, 4) is 0 Å². The minimum atomic E-state index is -0.280. The molecule has 2 nitrogen and oxygen atoms in total. The van der Waals surface area contributed by atoms with Crippen molar-refractivity contribution in [1.29, 1.82) is 0 Å². The molecule has 0 fully saturated rings. The summed E-state index contributed by atoms with van der Waals surface area (Å²) in [5.41, 5.74) is 6.91. The fraction of sp³-hybridized carbons (Fsp3) is 0.538. The molecule has 0 aliphatic heterocycles. The van der Waals surface area contributed by atoms with Gasteiger partial charge in [-0.15, -0.1) is 0 Å². The van der Waals surface area contributed by atoms with E-state index in [1.807, 2.05) is 19.1 Å². The third-order valence-electron chi connectivity index (χ3n) is 3.47. The Morgan fingerprint density at radius 3 is 2.47 bits per heavy atom. The molecule has 2 atom stereocenters. The predicted molar refractivity (Wildman–Crippen MR) is 73.8 cm³/mol. The van der Waals surface area contributed by atoms with E-state index in [1.165, 1.54) is 0 Å². The Labute approximate surface area is 113 Å². The number of hydrogen-bond donors (Lipinski definition) is 2. The van der Waals surface area contributed by atoms with Gasteiger partial charge in [-0.1, -0.05) is 43.1 Å². The van der Waals surface area contributed by atoms with Crippen molar-refractivity contribution >= 4 is 23.2 Å². The molecule has 0 heterocycles. The van der Waals surface area contributed by atoms with Gasteiger partial charge in [-0.25, -0.2) is 0 Å².